The number of allylic oxidation sites excluding steroid dienone is 1. The average Bonchev–Trinajstić information content (AvgIpc) is 2.54. The molecule has 2 aliphatic rings. The largest absolute Gasteiger partial charge is 0.316 e. The van der Waals surface area contributed by atoms with Gasteiger partial charge in [0.1, 0.15) is 0 Å². The average molecular weight is 166 g/mol. The normalized spacial score (nSPS) is 46.2. The van der Waals surface area contributed by atoms with Gasteiger partial charge in [0.2, 0.25) is 0 Å². The first kappa shape index (κ1) is 8.27. The summed E-state index contributed by atoms with van der Waals surface area (Å²) in [6.45, 7) is 4.71. The van der Waals surface area contributed by atoms with Crippen LogP contribution in [0.5, 0.6) is 0 Å². The molecule has 0 spiro atoms. The summed E-state index contributed by atoms with van der Waals surface area (Å²) in [7, 11) is 2.06. The van der Waals surface area contributed by atoms with Crippen LogP contribution in [-0.2, 0) is 0 Å². The minimum atomic E-state index is 0.598. The third-order valence-corrected chi connectivity index (χ3v) is 3.40. The third kappa shape index (κ3) is 1.19. The zero-order valence-corrected chi connectivity index (χ0v) is 7.88. The van der Waals surface area contributed by atoms with Gasteiger partial charge in [-0.1, -0.05) is 19.1 Å². The number of hydrogen-bond donors (Lipinski definition) is 2. The summed E-state index contributed by atoms with van der Waals surface area (Å²) in [4.78, 5) is 0. The summed E-state index contributed by atoms with van der Waals surface area (Å²) in [6.07, 6.45) is 4.69. The van der Waals surface area contributed by atoms with E-state index in [-0.39, 0.29) is 0 Å². The molecule has 1 aliphatic carbocycles. The Balaban J connectivity index is 2.15. The van der Waals surface area contributed by atoms with Crippen molar-refractivity contribution in [1.82, 2.24) is 10.6 Å². The first-order chi connectivity index (χ1) is 5.83. The summed E-state index contributed by atoms with van der Waals surface area (Å²) in [6, 6.07) is 0.598. The van der Waals surface area contributed by atoms with E-state index in [1.165, 1.54) is 13.1 Å². The highest BCUT2D eigenvalue weighted by Crippen LogP contribution is 2.32. The van der Waals surface area contributed by atoms with Crippen molar-refractivity contribution in [1.29, 1.82) is 0 Å². The predicted molar refractivity (Wildman–Crippen MR) is 51.0 cm³/mol. The minimum Gasteiger partial charge on any atom is -0.316 e. The highest BCUT2D eigenvalue weighted by molar-refractivity contribution is 5.10. The molecule has 0 unspecified atom stereocenters. The van der Waals surface area contributed by atoms with Gasteiger partial charge in [-0.05, 0) is 31.3 Å². The van der Waals surface area contributed by atoms with Crippen LogP contribution < -0.4 is 10.6 Å². The molecule has 1 fully saturated rings. The fourth-order valence-electron chi connectivity index (χ4n) is 2.58. The van der Waals surface area contributed by atoms with Crippen LogP contribution in [0, 0.1) is 17.8 Å². The van der Waals surface area contributed by atoms with Crippen LogP contribution in [0.4, 0.5) is 0 Å². The third-order valence-electron chi connectivity index (χ3n) is 3.40. The van der Waals surface area contributed by atoms with Crippen LogP contribution in [0.2, 0.25) is 0 Å². The van der Waals surface area contributed by atoms with E-state index in [1.807, 2.05) is 0 Å². The Labute approximate surface area is 74.4 Å². The molecule has 68 valence electrons. The van der Waals surface area contributed by atoms with Gasteiger partial charge in [0, 0.05) is 12.6 Å². The van der Waals surface area contributed by atoms with E-state index >= 15 is 0 Å². The molecular formula is C10H18N2. The molecule has 2 rings (SSSR count). The summed E-state index contributed by atoms with van der Waals surface area (Å²) in [5.74, 6) is 2.43. The van der Waals surface area contributed by atoms with E-state index in [0.717, 1.165) is 17.8 Å². The molecule has 0 aromatic carbocycles. The second-order valence-electron chi connectivity index (χ2n) is 4.04. The quantitative estimate of drug-likeness (QED) is 0.558. The SMILES string of the molecule is CN[C@@H]1C=C[C@H](C)[C@@H]2CNC[C@@H]21. The van der Waals surface area contributed by atoms with Crippen molar-refractivity contribution in [3.63, 3.8) is 0 Å². The first-order valence-electron chi connectivity index (χ1n) is 4.89. The topological polar surface area (TPSA) is 24.1 Å². The van der Waals surface area contributed by atoms with Gasteiger partial charge in [-0.25, -0.2) is 0 Å². The summed E-state index contributed by atoms with van der Waals surface area (Å²) in [5, 5.41) is 6.85. The Morgan fingerprint density at radius 3 is 2.75 bits per heavy atom. The predicted octanol–water partition coefficient (Wildman–Crippen LogP) is 0.616. The van der Waals surface area contributed by atoms with E-state index in [4.69, 9.17) is 0 Å². The van der Waals surface area contributed by atoms with E-state index in [9.17, 15) is 0 Å². The molecule has 1 heterocycles. The van der Waals surface area contributed by atoms with Gasteiger partial charge in [-0.2, -0.15) is 0 Å². The van der Waals surface area contributed by atoms with Gasteiger partial charge in [0.05, 0.1) is 0 Å². The summed E-state index contributed by atoms with van der Waals surface area (Å²) >= 11 is 0. The van der Waals surface area contributed by atoms with Gasteiger partial charge >= 0.3 is 0 Å². The van der Waals surface area contributed by atoms with Crippen LogP contribution in [0.3, 0.4) is 0 Å². The molecule has 0 aromatic rings. The fraction of sp³-hybridized carbons (Fsp3) is 0.800. The molecule has 2 N–H and O–H groups in total. The van der Waals surface area contributed by atoms with Crippen molar-refractivity contribution in [3.05, 3.63) is 12.2 Å². The molecule has 4 atom stereocenters. The zero-order chi connectivity index (χ0) is 8.55. The van der Waals surface area contributed by atoms with Crippen molar-refractivity contribution in [2.24, 2.45) is 17.8 Å². The van der Waals surface area contributed by atoms with Crippen LogP contribution in [0.25, 0.3) is 0 Å². The van der Waals surface area contributed by atoms with Crippen molar-refractivity contribution in [2.45, 2.75) is 13.0 Å². The maximum Gasteiger partial charge on any atom is 0.0291 e. The number of nitrogens with one attached hydrogen (secondary N) is 2. The zero-order valence-electron chi connectivity index (χ0n) is 7.88. The van der Waals surface area contributed by atoms with Gasteiger partial charge in [-0.3, -0.25) is 0 Å². The molecule has 2 nitrogen and oxygen atoms in total. The van der Waals surface area contributed by atoms with Crippen molar-refractivity contribution in [2.75, 3.05) is 20.1 Å². The molecule has 0 amide bonds. The van der Waals surface area contributed by atoms with E-state index in [1.54, 1.807) is 0 Å². The Morgan fingerprint density at radius 1 is 1.25 bits per heavy atom. The number of fused-ring (bicyclic) bond motifs is 1. The molecule has 0 bridgehead atoms. The molecule has 1 saturated heterocycles. The van der Waals surface area contributed by atoms with Crippen molar-refractivity contribution in [3.8, 4) is 0 Å². The highest BCUT2D eigenvalue weighted by Gasteiger charge is 2.36. The molecule has 0 saturated carbocycles. The van der Waals surface area contributed by atoms with Crippen LogP contribution >= 0.6 is 0 Å². The Kier molecular flexibility index (Phi) is 2.20. The lowest BCUT2D eigenvalue weighted by Crippen LogP contribution is -2.40. The monoisotopic (exact) mass is 166 g/mol. The molecule has 12 heavy (non-hydrogen) atoms. The lowest BCUT2D eigenvalue weighted by atomic mass is 9.76. The van der Waals surface area contributed by atoms with Crippen LogP contribution in [0.15, 0.2) is 12.2 Å². The molecular weight excluding hydrogens is 148 g/mol. The molecule has 1 aliphatic heterocycles. The number of hydrogen-bond acceptors (Lipinski definition) is 2. The minimum absolute atomic E-state index is 0.598. The highest BCUT2D eigenvalue weighted by atomic mass is 15.0. The van der Waals surface area contributed by atoms with E-state index in [0.29, 0.717) is 6.04 Å². The van der Waals surface area contributed by atoms with Crippen molar-refractivity contribution >= 4 is 0 Å². The number of likely N-dealkylation sites (N-methyl/N-ethyl adjacent to an activating group) is 1. The number of rotatable bonds is 1. The second-order valence-corrected chi connectivity index (χ2v) is 4.04. The van der Waals surface area contributed by atoms with Gasteiger partial charge in [0.25, 0.3) is 0 Å². The van der Waals surface area contributed by atoms with Gasteiger partial charge < -0.3 is 10.6 Å². The van der Waals surface area contributed by atoms with Crippen LogP contribution in [0.1, 0.15) is 6.92 Å². The summed E-state index contributed by atoms with van der Waals surface area (Å²) in [5.41, 5.74) is 0. The van der Waals surface area contributed by atoms with E-state index < -0.39 is 0 Å². The Hall–Kier alpha value is -0.340. The Bertz CT molecular complexity index is 188. The smallest absolute Gasteiger partial charge is 0.0291 e. The second kappa shape index (κ2) is 3.19. The fourth-order valence-corrected chi connectivity index (χ4v) is 2.58. The maximum atomic E-state index is 3.48. The van der Waals surface area contributed by atoms with Crippen molar-refractivity contribution < 1.29 is 0 Å². The summed E-state index contributed by atoms with van der Waals surface area (Å²) < 4.78 is 0. The van der Waals surface area contributed by atoms with Crippen LogP contribution in [-0.4, -0.2) is 26.2 Å². The lowest BCUT2D eigenvalue weighted by Gasteiger charge is -2.32. The van der Waals surface area contributed by atoms with E-state index in [2.05, 4.69) is 36.8 Å². The molecule has 0 aromatic heterocycles. The van der Waals surface area contributed by atoms with Gasteiger partial charge in [-0.15, -0.1) is 0 Å². The van der Waals surface area contributed by atoms with Gasteiger partial charge in [0.15, 0.2) is 0 Å². The molecule has 2 heteroatoms. The maximum absolute atomic E-state index is 3.48. The lowest BCUT2D eigenvalue weighted by molar-refractivity contribution is 0.284. The molecule has 0 radical (unpaired) electrons. The Morgan fingerprint density at radius 2 is 2.00 bits per heavy atom. The first-order valence-corrected chi connectivity index (χ1v) is 4.89. The standard InChI is InChI=1S/C10H18N2/c1-7-3-4-10(11-2)9-6-12-5-8(7)9/h3-4,7-12H,5-6H2,1-2H3/t7-,8-,9-,10+/m0/s1.